The number of hydrogen-bond donors (Lipinski definition) is 1. The van der Waals surface area contributed by atoms with Crippen molar-refractivity contribution >= 4 is 12.1 Å². The van der Waals surface area contributed by atoms with Gasteiger partial charge in [-0.3, -0.25) is 4.79 Å². The lowest BCUT2D eigenvalue weighted by molar-refractivity contribution is -0.159. The first kappa shape index (κ1) is 14.8. The Morgan fingerprint density at radius 2 is 1.89 bits per heavy atom. The zero-order valence-electron chi connectivity index (χ0n) is 11.4. The van der Waals surface area contributed by atoms with Crippen molar-refractivity contribution in [3.63, 3.8) is 0 Å². The monoisotopic (exact) mass is 257 g/mol. The van der Waals surface area contributed by atoms with Crippen molar-refractivity contribution in [3.05, 3.63) is 0 Å². The van der Waals surface area contributed by atoms with Crippen LogP contribution in [-0.2, 0) is 9.53 Å². The van der Waals surface area contributed by atoms with Crippen molar-refractivity contribution in [2.45, 2.75) is 40.0 Å². The SMILES string of the molecule is CCOC(=O)C1(CC(C)C)CCN(C(=O)O)CC1. The number of rotatable bonds is 4. The number of likely N-dealkylation sites (tertiary alicyclic amines) is 1. The van der Waals surface area contributed by atoms with Gasteiger partial charge in [0.1, 0.15) is 0 Å². The summed E-state index contributed by atoms with van der Waals surface area (Å²) in [7, 11) is 0. The summed E-state index contributed by atoms with van der Waals surface area (Å²) in [6.07, 6.45) is 0.989. The largest absolute Gasteiger partial charge is 0.466 e. The van der Waals surface area contributed by atoms with Gasteiger partial charge in [-0.2, -0.15) is 0 Å². The zero-order valence-corrected chi connectivity index (χ0v) is 11.4. The molecule has 0 aliphatic carbocycles. The number of ether oxygens (including phenoxy) is 1. The minimum atomic E-state index is -0.906. The maximum absolute atomic E-state index is 12.1. The lowest BCUT2D eigenvalue weighted by Crippen LogP contribution is -2.47. The van der Waals surface area contributed by atoms with Crippen LogP contribution in [0.5, 0.6) is 0 Å². The Bertz CT molecular complexity index is 306. The fourth-order valence-electron chi connectivity index (χ4n) is 2.68. The van der Waals surface area contributed by atoms with Crippen LogP contribution in [0.1, 0.15) is 40.0 Å². The molecule has 1 saturated heterocycles. The molecular weight excluding hydrogens is 234 g/mol. The lowest BCUT2D eigenvalue weighted by Gasteiger charge is -2.39. The molecule has 0 atom stereocenters. The molecule has 0 aromatic heterocycles. The molecule has 1 N–H and O–H groups in total. The second-order valence-electron chi connectivity index (χ2n) is 5.37. The Morgan fingerprint density at radius 3 is 2.28 bits per heavy atom. The molecular formula is C13H23NO4. The molecule has 0 spiro atoms. The van der Waals surface area contributed by atoms with Gasteiger partial charge in [-0.25, -0.2) is 4.79 Å². The Kier molecular flexibility index (Phi) is 4.99. The number of amides is 1. The maximum atomic E-state index is 12.1. The highest BCUT2D eigenvalue weighted by Gasteiger charge is 2.43. The molecule has 5 nitrogen and oxygen atoms in total. The van der Waals surface area contributed by atoms with E-state index in [1.54, 1.807) is 6.92 Å². The number of nitrogens with zero attached hydrogens (tertiary/aromatic N) is 1. The van der Waals surface area contributed by atoms with Crippen LogP contribution < -0.4 is 0 Å². The summed E-state index contributed by atoms with van der Waals surface area (Å²) in [5.41, 5.74) is -0.490. The Balaban J connectivity index is 2.75. The predicted octanol–water partition coefficient (Wildman–Crippen LogP) is 2.36. The van der Waals surface area contributed by atoms with Crippen molar-refractivity contribution in [1.29, 1.82) is 0 Å². The smallest absolute Gasteiger partial charge is 0.407 e. The fraction of sp³-hybridized carbons (Fsp3) is 0.846. The second-order valence-corrected chi connectivity index (χ2v) is 5.37. The van der Waals surface area contributed by atoms with Crippen LogP contribution in [0, 0.1) is 11.3 Å². The van der Waals surface area contributed by atoms with Gasteiger partial charge in [-0.05, 0) is 32.1 Å². The van der Waals surface area contributed by atoms with Gasteiger partial charge in [0.25, 0.3) is 0 Å². The fourth-order valence-corrected chi connectivity index (χ4v) is 2.68. The summed E-state index contributed by atoms with van der Waals surface area (Å²) in [5, 5.41) is 8.94. The van der Waals surface area contributed by atoms with E-state index in [0.717, 1.165) is 6.42 Å². The summed E-state index contributed by atoms with van der Waals surface area (Å²) < 4.78 is 5.18. The molecule has 0 aromatic rings. The normalized spacial score (nSPS) is 18.8. The van der Waals surface area contributed by atoms with Gasteiger partial charge < -0.3 is 14.7 Å². The molecule has 1 aliphatic heterocycles. The van der Waals surface area contributed by atoms with Crippen LogP contribution in [0.4, 0.5) is 4.79 Å². The highest BCUT2D eigenvalue weighted by atomic mass is 16.5. The molecule has 0 bridgehead atoms. The van der Waals surface area contributed by atoms with Crippen molar-refractivity contribution < 1.29 is 19.4 Å². The van der Waals surface area contributed by atoms with Crippen LogP contribution in [0.15, 0.2) is 0 Å². The number of esters is 1. The van der Waals surface area contributed by atoms with Gasteiger partial charge >= 0.3 is 12.1 Å². The summed E-state index contributed by atoms with van der Waals surface area (Å²) in [4.78, 5) is 24.4. The van der Waals surface area contributed by atoms with Crippen LogP contribution in [0.3, 0.4) is 0 Å². The van der Waals surface area contributed by atoms with Gasteiger partial charge in [-0.15, -0.1) is 0 Å². The molecule has 0 unspecified atom stereocenters. The molecule has 1 amide bonds. The second kappa shape index (κ2) is 6.07. The van der Waals surface area contributed by atoms with Crippen molar-refractivity contribution in [2.24, 2.45) is 11.3 Å². The first-order valence-electron chi connectivity index (χ1n) is 6.56. The topological polar surface area (TPSA) is 66.8 Å². The number of carbonyl (C=O) groups excluding carboxylic acids is 1. The molecule has 0 saturated carbocycles. The van der Waals surface area contributed by atoms with E-state index in [-0.39, 0.29) is 5.97 Å². The van der Waals surface area contributed by atoms with Crippen molar-refractivity contribution in [2.75, 3.05) is 19.7 Å². The van der Waals surface area contributed by atoms with Crippen LogP contribution in [0.25, 0.3) is 0 Å². The molecule has 0 aromatic carbocycles. The number of hydrogen-bond acceptors (Lipinski definition) is 3. The first-order chi connectivity index (χ1) is 8.41. The van der Waals surface area contributed by atoms with Crippen LogP contribution >= 0.6 is 0 Å². The summed E-state index contributed by atoms with van der Waals surface area (Å²) in [6.45, 7) is 7.16. The van der Waals surface area contributed by atoms with E-state index in [0.29, 0.717) is 38.5 Å². The molecule has 1 heterocycles. The van der Waals surface area contributed by atoms with Crippen molar-refractivity contribution in [1.82, 2.24) is 4.90 Å². The third kappa shape index (κ3) is 3.37. The van der Waals surface area contributed by atoms with Gasteiger partial charge in [0.15, 0.2) is 0 Å². The minimum absolute atomic E-state index is 0.163. The third-order valence-corrected chi connectivity index (χ3v) is 3.50. The average Bonchev–Trinajstić information content (AvgIpc) is 2.29. The van der Waals surface area contributed by atoms with E-state index in [4.69, 9.17) is 9.84 Å². The molecule has 18 heavy (non-hydrogen) atoms. The highest BCUT2D eigenvalue weighted by Crippen LogP contribution is 2.39. The van der Waals surface area contributed by atoms with Gasteiger partial charge in [0, 0.05) is 13.1 Å². The number of carbonyl (C=O) groups is 2. The molecule has 5 heteroatoms. The summed E-state index contributed by atoms with van der Waals surface area (Å²) in [6, 6.07) is 0. The number of carboxylic acid groups (broad SMARTS) is 1. The van der Waals surface area contributed by atoms with Crippen LogP contribution in [-0.4, -0.2) is 41.8 Å². The van der Waals surface area contributed by atoms with E-state index in [1.807, 2.05) is 0 Å². The Morgan fingerprint density at radius 1 is 1.33 bits per heavy atom. The van der Waals surface area contributed by atoms with Gasteiger partial charge in [-0.1, -0.05) is 13.8 Å². The highest BCUT2D eigenvalue weighted by molar-refractivity contribution is 5.77. The molecule has 1 fully saturated rings. The van der Waals surface area contributed by atoms with Crippen molar-refractivity contribution in [3.8, 4) is 0 Å². The lowest BCUT2D eigenvalue weighted by atomic mass is 9.72. The van der Waals surface area contributed by atoms with E-state index in [2.05, 4.69) is 13.8 Å². The first-order valence-corrected chi connectivity index (χ1v) is 6.56. The Hall–Kier alpha value is -1.26. The van der Waals surface area contributed by atoms with Gasteiger partial charge in [0.05, 0.1) is 12.0 Å². The Labute approximate surface area is 108 Å². The number of piperidine rings is 1. The van der Waals surface area contributed by atoms with E-state index in [9.17, 15) is 9.59 Å². The van der Waals surface area contributed by atoms with E-state index >= 15 is 0 Å². The van der Waals surface area contributed by atoms with E-state index in [1.165, 1.54) is 4.90 Å². The maximum Gasteiger partial charge on any atom is 0.407 e. The molecule has 1 aliphatic rings. The predicted molar refractivity (Wildman–Crippen MR) is 67.4 cm³/mol. The van der Waals surface area contributed by atoms with Gasteiger partial charge in [0.2, 0.25) is 0 Å². The summed E-state index contributed by atoms with van der Waals surface area (Å²) >= 11 is 0. The third-order valence-electron chi connectivity index (χ3n) is 3.50. The quantitative estimate of drug-likeness (QED) is 0.785. The molecule has 1 rings (SSSR count). The average molecular weight is 257 g/mol. The van der Waals surface area contributed by atoms with Crippen LogP contribution in [0.2, 0.25) is 0 Å². The standard InChI is InChI=1S/C13H23NO4/c1-4-18-11(15)13(9-10(2)3)5-7-14(8-6-13)12(16)17/h10H,4-9H2,1-3H3,(H,16,17). The minimum Gasteiger partial charge on any atom is -0.466 e. The zero-order chi connectivity index (χ0) is 13.8. The molecule has 104 valence electrons. The summed E-state index contributed by atoms with van der Waals surface area (Å²) in [5.74, 6) is 0.231. The van der Waals surface area contributed by atoms with E-state index < -0.39 is 11.5 Å². The molecule has 0 radical (unpaired) electrons.